The minimum absolute atomic E-state index is 0.0445. The number of carbonyl (C=O) groups is 2. The third-order valence-corrected chi connectivity index (χ3v) is 15.1. The van der Waals surface area contributed by atoms with Crippen molar-refractivity contribution in [3.63, 3.8) is 0 Å². The molecule has 0 spiro atoms. The van der Waals surface area contributed by atoms with E-state index in [1.165, 1.54) is 167 Å². The Hall–Kier alpha value is -3.33. The second kappa shape index (κ2) is 65.8. The highest BCUT2D eigenvalue weighted by atomic mass is 31.2. The molecule has 0 rings (SSSR count). The van der Waals surface area contributed by atoms with Gasteiger partial charge in [-0.25, -0.2) is 4.57 Å². The molecule has 0 aliphatic heterocycles. The molecule has 0 heterocycles. The van der Waals surface area contributed by atoms with Crippen LogP contribution in [0, 0.1) is 0 Å². The van der Waals surface area contributed by atoms with E-state index >= 15 is 0 Å². The zero-order valence-electron chi connectivity index (χ0n) is 52.2. The predicted octanol–water partition coefficient (Wildman–Crippen LogP) is 21.7. The number of phosphoric ester groups is 1. The minimum Gasteiger partial charge on any atom is -0.462 e. The number of allylic oxidation sites excluding steroid dienone is 18. The molecule has 0 aromatic rings. The number of hydrogen-bond acceptors (Lipinski definition) is 8. The molecule has 0 aromatic carbocycles. The molecule has 0 radical (unpaired) electrons. The Morgan fingerprint density at radius 2 is 0.642 bits per heavy atom. The third kappa shape index (κ3) is 65.7. The number of unbranched alkanes of at least 4 members (excludes halogenated alkanes) is 31. The van der Waals surface area contributed by atoms with E-state index in [9.17, 15) is 19.0 Å². The van der Waals surface area contributed by atoms with Gasteiger partial charge in [-0.15, -0.1) is 0 Å². The van der Waals surface area contributed by atoms with E-state index in [0.29, 0.717) is 6.42 Å². The normalized spacial score (nSPS) is 13.7. The average molecular weight is 1150 g/mol. The lowest BCUT2D eigenvalue weighted by molar-refractivity contribution is -0.161. The molecule has 0 aliphatic rings. The Morgan fingerprint density at radius 1 is 0.370 bits per heavy atom. The standard InChI is InChI=1S/C71H124NO8P/c1-3-5-7-9-11-13-15-17-19-21-23-24-25-26-27-28-29-30-31-32-33-34-35-36-37-38-39-40-41-42-43-44-46-47-49-51-53-55-57-59-61-63-70(73)77-67-69(68-79-81(75,76)78-66-65-72)80-71(74)64-62-60-58-56-54-52-50-48-45-22-20-18-16-14-12-10-8-6-4-2/h5-8,11-14,17-20,23-24,45,48,52,54,69H,3-4,9-10,15-16,21-22,25-44,46-47,49-51,53,55-68,72H2,1-2H3,(H,75,76)/b7-5-,8-6-,13-11-,14-12-,19-17-,20-18-,24-23-,48-45-,54-52-. The first kappa shape index (κ1) is 77.7. The van der Waals surface area contributed by atoms with Crippen LogP contribution in [0.15, 0.2) is 109 Å². The summed E-state index contributed by atoms with van der Waals surface area (Å²) in [6.45, 7) is 3.49. The molecule has 0 amide bonds. The number of ether oxygens (including phenoxy) is 2. The Bertz CT molecular complexity index is 1690. The maximum absolute atomic E-state index is 12.7. The third-order valence-electron chi connectivity index (χ3n) is 14.2. The van der Waals surface area contributed by atoms with Crippen LogP contribution in [0.25, 0.3) is 0 Å². The van der Waals surface area contributed by atoms with Crippen LogP contribution in [-0.4, -0.2) is 49.3 Å². The summed E-state index contributed by atoms with van der Waals surface area (Å²) in [5, 5.41) is 0. The molecule has 0 aromatic heterocycles. The Balaban J connectivity index is 3.79. The molecule has 9 nitrogen and oxygen atoms in total. The maximum Gasteiger partial charge on any atom is 0.472 e. The van der Waals surface area contributed by atoms with Crippen molar-refractivity contribution >= 4 is 19.8 Å². The van der Waals surface area contributed by atoms with Gasteiger partial charge in [0.05, 0.1) is 13.2 Å². The highest BCUT2D eigenvalue weighted by Gasteiger charge is 2.26. The van der Waals surface area contributed by atoms with Crippen molar-refractivity contribution in [2.45, 2.75) is 302 Å². The van der Waals surface area contributed by atoms with Gasteiger partial charge >= 0.3 is 19.8 Å². The molecular formula is C71H124NO8P. The summed E-state index contributed by atoms with van der Waals surface area (Å²) in [7, 11) is -4.40. The lowest BCUT2D eigenvalue weighted by Crippen LogP contribution is -2.29. The second-order valence-electron chi connectivity index (χ2n) is 21.9. The molecule has 3 N–H and O–H groups in total. The van der Waals surface area contributed by atoms with E-state index in [0.717, 1.165) is 96.3 Å². The molecular weight excluding hydrogens is 1030 g/mol. The summed E-state index contributed by atoms with van der Waals surface area (Å²) in [4.78, 5) is 35.2. The first-order valence-corrected chi connectivity index (χ1v) is 34.9. The zero-order chi connectivity index (χ0) is 58.7. The van der Waals surface area contributed by atoms with E-state index in [1.54, 1.807) is 0 Å². The van der Waals surface area contributed by atoms with Crippen LogP contribution in [0.2, 0.25) is 0 Å². The number of phosphoric acid groups is 1. The van der Waals surface area contributed by atoms with Gasteiger partial charge in [0.2, 0.25) is 0 Å². The van der Waals surface area contributed by atoms with Gasteiger partial charge in [-0.1, -0.05) is 297 Å². The van der Waals surface area contributed by atoms with Crippen LogP contribution < -0.4 is 5.73 Å². The van der Waals surface area contributed by atoms with Crippen LogP contribution in [0.1, 0.15) is 296 Å². The first-order chi connectivity index (χ1) is 39.8. The summed E-state index contributed by atoms with van der Waals surface area (Å²) in [5.74, 6) is -0.860. The monoisotopic (exact) mass is 1150 g/mol. The maximum atomic E-state index is 12.7. The van der Waals surface area contributed by atoms with Gasteiger partial charge in [-0.05, 0) is 96.3 Å². The van der Waals surface area contributed by atoms with Crippen LogP contribution in [0.3, 0.4) is 0 Å². The SMILES string of the molecule is CC/C=C\C/C=C\C/C=C\C/C=C\C/C=C\CCCCCC(=O)OC(COC(=O)CCCCCCCCCCCCCCCCCCCCCCCCCCCCCC/C=C\C/C=C\C/C=C\C/C=C\CC)COP(=O)(O)OCCN. The zero-order valence-corrected chi connectivity index (χ0v) is 53.1. The van der Waals surface area contributed by atoms with E-state index in [4.69, 9.17) is 24.3 Å². The molecule has 0 fully saturated rings. The minimum atomic E-state index is -4.40. The number of carbonyl (C=O) groups excluding carboxylic acids is 2. The summed E-state index contributed by atoms with van der Waals surface area (Å²) in [6, 6.07) is 0. The van der Waals surface area contributed by atoms with Crippen LogP contribution >= 0.6 is 7.82 Å². The summed E-state index contributed by atoms with van der Waals surface area (Å²) < 4.78 is 33.0. The lowest BCUT2D eigenvalue weighted by Gasteiger charge is -2.19. The smallest absolute Gasteiger partial charge is 0.462 e. The van der Waals surface area contributed by atoms with Gasteiger partial charge in [0.1, 0.15) is 6.61 Å². The fourth-order valence-corrected chi connectivity index (χ4v) is 10.1. The van der Waals surface area contributed by atoms with Gasteiger partial charge in [0, 0.05) is 19.4 Å². The molecule has 10 heteroatoms. The van der Waals surface area contributed by atoms with E-state index in [-0.39, 0.29) is 38.6 Å². The first-order valence-electron chi connectivity index (χ1n) is 33.4. The van der Waals surface area contributed by atoms with Gasteiger partial charge < -0.3 is 20.1 Å². The van der Waals surface area contributed by atoms with Crippen molar-refractivity contribution in [2.75, 3.05) is 26.4 Å². The highest BCUT2D eigenvalue weighted by Crippen LogP contribution is 2.43. The molecule has 0 aliphatic carbocycles. The summed E-state index contributed by atoms with van der Waals surface area (Å²) in [5.41, 5.74) is 5.38. The molecule has 466 valence electrons. The van der Waals surface area contributed by atoms with Crippen molar-refractivity contribution in [2.24, 2.45) is 5.73 Å². The fraction of sp³-hybridized carbons (Fsp3) is 0.718. The average Bonchev–Trinajstić information content (AvgIpc) is 3.46. The van der Waals surface area contributed by atoms with Gasteiger partial charge in [-0.3, -0.25) is 18.6 Å². The molecule has 81 heavy (non-hydrogen) atoms. The number of hydrogen-bond donors (Lipinski definition) is 2. The predicted molar refractivity (Wildman–Crippen MR) is 348 cm³/mol. The molecule has 2 unspecified atom stereocenters. The van der Waals surface area contributed by atoms with E-state index in [1.807, 2.05) is 0 Å². The topological polar surface area (TPSA) is 134 Å². The Labute approximate surface area is 499 Å². The number of esters is 2. The Kier molecular flexibility index (Phi) is 63.1. The largest absolute Gasteiger partial charge is 0.472 e. The van der Waals surface area contributed by atoms with E-state index in [2.05, 4.69) is 123 Å². The molecule has 0 bridgehead atoms. The summed E-state index contributed by atoms with van der Waals surface area (Å²) in [6.07, 6.45) is 90.6. The number of rotatable bonds is 62. The fourth-order valence-electron chi connectivity index (χ4n) is 9.30. The van der Waals surface area contributed by atoms with Gasteiger partial charge in [0.25, 0.3) is 0 Å². The molecule has 0 saturated heterocycles. The van der Waals surface area contributed by atoms with Crippen LogP contribution in [-0.2, 0) is 32.7 Å². The second-order valence-corrected chi connectivity index (χ2v) is 23.4. The van der Waals surface area contributed by atoms with Crippen molar-refractivity contribution in [1.82, 2.24) is 0 Å². The molecule has 2 atom stereocenters. The van der Waals surface area contributed by atoms with Crippen molar-refractivity contribution in [3.05, 3.63) is 109 Å². The quantitative estimate of drug-likeness (QED) is 0.0264. The number of nitrogens with two attached hydrogens (primary N) is 1. The Morgan fingerprint density at radius 3 is 0.963 bits per heavy atom. The van der Waals surface area contributed by atoms with E-state index < -0.39 is 26.5 Å². The summed E-state index contributed by atoms with van der Waals surface area (Å²) >= 11 is 0. The highest BCUT2D eigenvalue weighted by molar-refractivity contribution is 7.47. The van der Waals surface area contributed by atoms with Gasteiger partial charge in [0.15, 0.2) is 6.10 Å². The van der Waals surface area contributed by atoms with Crippen molar-refractivity contribution in [3.8, 4) is 0 Å². The lowest BCUT2D eigenvalue weighted by atomic mass is 10.0. The van der Waals surface area contributed by atoms with Crippen molar-refractivity contribution in [1.29, 1.82) is 0 Å². The van der Waals surface area contributed by atoms with Crippen molar-refractivity contribution < 1.29 is 37.6 Å². The molecule has 0 saturated carbocycles. The van der Waals surface area contributed by atoms with Crippen LogP contribution in [0.5, 0.6) is 0 Å². The van der Waals surface area contributed by atoms with Crippen LogP contribution in [0.4, 0.5) is 0 Å². The van der Waals surface area contributed by atoms with Gasteiger partial charge in [-0.2, -0.15) is 0 Å².